The summed E-state index contributed by atoms with van der Waals surface area (Å²) in [6.07, 6.45) is 9.80. The summed E-state index contributed by atoms with van der Waals surface area (Å²) in [6, 6.07) is 2.23. The van der Waals surface area contributed by atoms with Gasteiger partial charge in [0.15, 0.2) is 0 Å². The van der Waals surface area contributed by atoms with E-state index in [1.807, 2.05) is 6.07 Å². The highest BCUT2D eigenvalue weighted by Crippen LogP contribution is 2.47. The van der Waals surface area contributed by atoms with E-state index in [0.29, 0.717) is 5.92 Å². The third-order valence-corrected chi connectivity index (χ3v) is 7.66. The summed E-state index contributed by atoms with van der Waals surface area (Å²) in [7, 11) is 0. The molecule has 2 aliphatic carbocycles. The van der Waals surface area contributed by atoms with Crippen molar-refractivity contribution in [1.82, 2.24) is 0 Å². The van der Waals surface area contributed by atoms with Gasteiger partial charge in [-0.25, -0.2) is 0 Å². The van der Waals surface area contributed by atoms with Gasteiger partial charge in [-0.05, 0) is 59.0 Å². The van der Waals surface area contributed by atoms with Gasteiger partial charge in [0.1, 0.15) is 0 Å². The monoisotopic (exact) mass is 361 g/mol. The number of fused-ring (bicyclic) bond motifs is 1. The first-order valence-electron chi connectivity index (χ1n) is 7.35. The summed E-state index contributed by atoms with van der Waals surface area (Å²) in [6.45, 7) is 0. The van der Waals surface area contributed by atoms with Crippen LogP contribution < -0.4 is 5.73 Å². The van der Waals surface area contributed by atoms with E-state index in [9.17, 15) is 0 Å². The molecule has 1 aromatic heterocycles. The minimum Gasteiger partial charge on any atom is -0.323 e. The molecule has 2 aliphatic rings. The number of thiophene rings is 1. The van der Waals surface area contributed by atoms with E-state index in [1.165, 1.54) is 49.8 Å². The molecule has 0 saturated heterocycles. The Morgan fingerprint density at radius 2 is 1.95 bits per heavy atom. The van der Waals surface area contributed by atoms with Crippen molar-refractivity contribution in [2.45, 2.75) is 51.0 Å². The fourth-order valence-corrected chi connectivity index (χ4v) is 5.84. The molecule has 4 unspecified atom stereocenters. The van der Waals surface area contributed by atoms with Crippen LogP contribution in [0.15, 0.2) is 9.85 Å². The van der Waals surface area contributed by atoms with Crippen LogP contribution in [0.5, 0.6) is 0 Å². The molecule has 0 aliphatic heterocycles. The fourth-order valence-electron chi connectivity index (χ4n) is 4.00. The van der Waals surface area contributed by atoms with Crippen LogP contribution in [0.3, 0.4) is 0 Å². The summed E-state index contributed by atoms with van der Waals surface area (Å²) in [5, 5.41) is 0.807. The molecular weight excluding hydrogens is 342 g/mol. The first-order valence-corrected chi connectivity index (χ1v) is 9.34. The molecule has 0 spiro atoms. The number of halogens is 2. The van der Waals surface area contributed by atoms with Gasteiger partial charge >= 0.3 is 0 Å². The maximum absolute atomic E-state index is 6.50. The molecule has 1 aromatic rings. The molecule has 2 saturated carbocycles. The summed E-state index contributed by atoms with van der Waals surface area (Å²) in [5.41, 5.74) is 6.50. The van der Waals surface area contributed by atoms with Crippen LogP contribution in [0.1, 0.15) is 55.9 Å². The average Bonchev–Trinajstić information content (AvgIpc) is 2.77. The van der Waals surface area contributed by atoms with Crippen molar-refractivity contribution in [3.05, 3.63) is 19.8 Å². The van der Waals surface area contributed by atoms with Gasteiger partial charge in [0, 0.05) is 10.9 Å². The van der Waals surface area contributed by atoms with Gasteiger partial charge in [0.05, 0.1) is 8.81 Å². The second-order valence-electron chi connectivity index (χ2n) is 6.17. The molecule has 1 heterocycles. The van der Waals surface area contributed by atoms with Gasteiger partial charge < -0.3 is 5.73 Å². The molecule has 19 heavy (non-hydrogen) atoms. The standard InChI is InChI=1S/C15H21BrClNS/c16-15-12(17)8-13(19-15)14(18)11-6-5-9-3-1-2-4-10(9)7-11/h8-11,14H,1-7,18H2. The van der Waals surface area contributed by atoms with Gasteiger partial charge in [-0.2, -0.15) is 0 Å². The van der Waals surface area contributed by atoms with Crippen LogP contribution >= 0.6 is 38.9 Å². The zero-order valence-electron chi connectivity index (χ0n) is 11.1. The maximum Gasteiger partial charge on any atom is 0.0887 e. The lowest BCUT2D eigenvalue weighted by atomic mass is 9.66. The van der Waals surface area contributed by atoms with Crippen LogP contribution in [-0.4, -0.2) is 0 Å². The molecule has 2 N–H and O–H groups in total. The average molecular weight is 363 g/mol. The molecule has 0 aromatic carbocycles. The van der Waals surface area contributed by atoms with Crippen molar-refractivity contribution < 1.29 is 0 Å². The van der Waals surface area contributed by atoms with Gasteiger partial charge in [-0.3, -0.25) is 0 Å². The van der Waals surface area contributed by atoms with E-state index in [2.05, 4.69) is 15.9 Å². The molecular formula is C15H21BrClNS. The normalized spacial score (nSPS) is 32.9. The Hall–Kier alpha value is 0.430. The van der Waals surface area contributed by atoms with E-state index in [4.69, 9.17) is 17.3 Å². The topological polar surface area (TPSA) is 26.0 Å². The Morgan fingerprint density at radius 3 is 2.63 bits per heavy atom. The molecule has 4 atom stereocenters. The van der Waals surface area contributed by atoms with Crippen molar-refractivity contribution in [3.8, 4) is 0 Å². The van der Waals surface area contributed by atoms with Crippen molar-refractivity contribution in [1.29, 1.82) is 0 Å². The van der Waals surface area contributed by atoms with Gasteiger partial charge in [-0.15, -0.1) is 11.3 Å². The lowest BCUT2D eigenvalue weighted by molar-refractivity contribution is 0.118. The third kappa shape index (κ3) is 3.04. The van der Waals surface area contributed by atoms with Crippen molar-refractivity contribution in [2.75, 3.05) is 0 Å². The summed E-state index contributed by atoms with van der Waals surface area (Å²) in [4.78, 5) is 1.25. The first-order chi connectivity index (χ1) is 9.15. The second kappa shape index (κ2) is 6.05. The molecule has 0 amide bonds. The van der Waals surface area contributed by atoms with Crippen LogP contribution in [0.2, 0.25) is 5.02 Å². The number of hydrogen-bond acceptors (Lipinski definition) is 2. The molecule has 3 rings (SSSR count). The molecule has 0 bridgehead atoms. The Labute approximate surface area is 133 Å². The van der Waals surface area contributed by atoms with Gasteiger partial charge in [0.2, 0.25) is 0 Å². The minimum absolute atomic E-state index is 0.177. The van der Waals surface area contributed by atoms with Crippen LogP contribution in [0.4, 0.5) is 0 Å². The maximum atomic E-state index is 6.50. The van der Waals surface area contributed by atoms with Crippen molar-refractivity contribution >= 4 is 38.9 Å². The molecule has 4 heteroatoms. The zero-order valence-corrected chi connectivity index (χ0v) is 14.2. The quantitative estimate of drug-likeness (QED) is 0.710. The van der Waals surface area contributed by atoms with Crippen LogP contribution in [0, 0.1) is 17.8 Å². The van der Waals surface area contributed by atoms with Gasteiger partial charge in [0.25, 0.3) is 0 Å². The molecule has 2 fully saturated rings. The first kappa shape index (κ1) is 14.4. The fraction of sp³-hybridized carbons (Fsp3) is 0.733. The predicted octanol–water partition coefficient (Wildman–Crippen LogP) is 5.77. The molecule has 1 nitrogen and oxygen atoms in total. The van der Waals surface area contributed by atoms with Gasteiger partial charge in [-0.1, -0.05) is 37.3 Å². The van der Waals surface area contributed by atoms with Crippen molar-refractivity contribution in [3.63, 3.8) is 0 Å². The van der Waals surface area contributed by atoms with Crippen LogP contribution in [-0.2, 0) is 0 Å². The van der Waals surface area contributed by atoms with Crippen molar-refractivity contribution in [2.24, 2.45) is 23.5 Å². The van der Waals surface area contributed by atoms with E-state index in [1.54, 1.807) is 11.3 Å². The third-order valence-electron chi connectivity index (χ3n) is 5.08. The molecule has 106 valence electrons. The number of rotatable bonds is 2. The zero-order chi connectivity index (χ0) is 13.4. The largest absolute Gasteiger partial charge is 0.323 e. The summed E-state index contributed by atoms with van der Waals surface area (Å²) < 4.78 is 1.02. The second-order valence-corrected chi connectivity index (χ2v) is 8.98. The summed E-state index contributed by atoms with van der Waals surface area (Å²) in [5.74, 6) is 2.59. The lowest BCUT2D eigenvalue weighted by Crippen LogP contribution is -2.32. The Morgan fingerprint density at radius 1 is 1.21 bits per heavy atom. The highest BCUT2D eigenvalue weighted by molar-refractivity contribution is 9.11. The SMILES string of the molecule is NC(c1cc(Cl)c(Br)s1)C1CCC2CCCCC2C1. The number of nitrogens with two attached hydrogens (primary N) is 1. The highest BCUT2D eigenvalue weighted by Gasteiger charge is 2.35. The highest BCUT2D eigenvalue weighted by atomic mass is 79.9. The minimum atomic E-state index is 0.177. The predicted molar refractivity (Wildman–Crippen MR) is 86.7 cm³/mol. The lowest BCUT2D eigenvalue weighted by Gasteiger charge is -2.41. The molecule has 0 radical (unpaired) electrons. The van der Waals surface area contributed by atoms with E-state index >= 15 is 0 Å². The van der Waals surface area contributed by atoms with E-state index in [0.717, 1.165) is 20.6 Å². The number of hydrogen-bond donors (Lipinski definition) is 1. The van der Waals surface area contributed by atoms with Crippen LogP contribution in [0.25, 0.3) is 0 Å². The van der Waals surface area contributed by atoms with E-state index in [-0.39, 0.29) is 6.04 Å². The Balaban J connectivity index is 1.68. The smallest absolute Gasteiger partial charge is 0.0887 e. The Kier molecular flexibility index (Phi) is 4.57. The Bertz CT molecular complexity index is 428. The van der Waals surface area contributed by atoms with E-state index < -0.39 is 0 Å². The summed E-state index contributed by atoms with van der Waals surface area (Å²) >= 11 is 11.3.